The Labute approximate surface area is 148 Å². The molecular formula is C19H26N4O2. The first-order valence-electron chi connectivity index (χ1n) is 8.98. The molecule has 134 valence electrons. The molecule has 1 fully saturated rings. The summed E-state index contributed by atoms with van der Waals surface area (Å²) in [7, 11) is 0. The second-order valence-electron chi connectivity index (χ2n) is 6.57. The number of urea groups is 1. The predicted molar refractivity (Wildman–Crippen MR) is 96.1 cm³/mol. The molecule has 3 N–H and O–H groups in total. The topological polar surface area (TPSA) is 79.2 Å². The molecule has 25 heavy (non-hydrogen) atoms. The lowest BCUT2D eigenvalue weighted by Crippen LogP contribution is -2.47. The molecule has 6 nitrogen and oxygen atoms in total. The van der Waals surface area contributed by atoms with Crippen LogP contribution in [-0.4, -0.2) is 33.5 Å². The Morgan fingerprint density at radius 3 is 2.68 bits per heavy atom. The standard InChI is InChI=1S/C19H26N4O2/c24-14-16-8-6-15(7-9-16)10-12-20-19(25)22-17-4-1-2-5-18(17)23-13-3-11-21-23/h3,6-9,11,13,17-18,24H,1-2,4-5,10,12,14H2,(H2,20,22,25). The zero-order valence-electron chi connectivity index (χ0n) is 14.4. The molecule has 0 radical (unpaired) electrons. The Morgan fingerprint density at radius 1 is 1.20 bits per heavy atom. The fourth-order valence-corrected chi connectivity index (χ4v) is 3.42. The Kier molecular flexibility index (Phi) is 6.06. The molecule has 1 aromatic heterocycles. The molecule has 1 aromatic carbocycles. The number of aromatic nitrogens is 2. The first-order chi connectivity index (χ1) is 12.3. The van der Waals surface area contributed by atoms with Gasteiger partial charge in [0, 0.05) is 18.9 Å². The quantitative estimate of drug-likeness (QED) is 0.754. The summed E-state index contributed by atoms with van der Waals surface area (Å²) in [6.45, 7) is 0.642. The summed E-state index contributed by atoms with van der Waals surface area (Å²) in [6, 6.07) is 9.96. The van der Waals surface area contributed by atoms with Crippen molar-refractivity contribution in [1.29, 1.82) is 0 Å². The van der Waals surface area contributed by atoms with Crippen LogP contribution in [0.15, 0.2) is 42.7 Å². The lowest BCUT2D eigenvalue weighted by molar-refractivity contribution is 0.214. The second-order valence-corrected chi connectivity index (χ2v) is 6.57. The minimum Gasteiger partial charge on any atom is -0.392 e. The third-order valence-electron chi connectivity index (χ3n) is 4.82. The SMILES string of the molecule is O=C(NCCc1ccc(CO)cc1)NC1CCCCC1n1cccn1. The summed E-state index contributed by atoms with van der Waals surface area (Å²) in [5.41, 5.74) is 2.04. The summed E-state index contributed by atoms with van der Waals surface area (Å²) in [4.78, 5) is 12.2. The molecule has 0 aliphatic heterocycles. The molecule has 1 aliphatic rings. The van der Waals surface area contributed by atoms with E-state index in [2.05, 4.69) is 15.7 Å². The van der Waals surface area contributed by atoms with Crippen molar-refractivity contribution in [3.63, 3.8) is 0 Å². The smallest absolute Gasteiger partial charge is 0.315 e. The minimum atomic E-state index is -0.115. The Morgan fingerprint density at radius 2 is 1.96 bits per heavy atom. The lowest BCUT2D eigenvalue weighted by Gasteiger charge is -2.32. The van der Waals surface area contributed by atoms with Crippen molar-refractivity contribution >= 4 is 6.03 Å². The summed E-state index contributed by atoms with van der Waals surface area (Å²) >= 11 is 0. The molecule has 0 spiro atoms. The van der Waals surface area contributed by atoms with Crippen molar-refractivity contribution in [2.45, 2.75) is 50.8 Å². The van der Waals surface area contributed by atoms with Crippen LogP contribution in [0.5, 0.6) is 0 Å². The Hall–Kier alpha value is -2.34. The molecule has 0 bridgehead atoms. The van der Waals surface area contributed by atoms with Crippen molar-refractivity contribution < 1.29 is 9.90 Å². The number of hydrogen-bond donors (Lipinski definition) is 3. The van der Waals surface area contributed by atoms with Crippen LogP contribution >= 0.6 is 0 Å². The maximum Gasteiger partial charge on any atom is 0.315 e. The summed E-state index contributed by atoms with van der Waals surface area (Å²) in [5, 5.41) is 19.5. The number of rotatable bonds is 6. The predicted octanol–water partition coefficient (Wildman–Crippen LogP) is 2.40. The van der Waals surface area contributed by atoms with E-state index in [9.17, 15) is 4.79 Å². The van der Waals surface area contributed by atoms with E-state index in [1.807, 2.05) is 41.2 Å². The van der Waals surface area contributed by atoms with Crippen LogP contribution in [0.1, 0.15) is 42.9 Å². The zero-order valence-corrected chi connectivity index (χ0v) is 14.4. The highest BCUT2D eigenvalue weighted by molar-refractivity contribution is 5.74. The zero-order chi connectivity index (χ0) is 17.5. The van der Waals surface area contributed by atoms with Gasteiger partial charge in [-0.3, -0.25) is 4.68 Å². The van der Waals surface area contributed by atoms with E-state index >= 15 is 0 Å². The van der Waals surface area contributed by atoms with E-state index < -0.39 is 0 Å². The Balaban J connectivity index is 1.46. The highest BCUT2D eigenvalue weighted by Gasteiger charge is 2.27. The number of nitrogens with zero attached hydrogens (tertiary/aromatic N) is 2. The second kappa shape index (κ2) is 8.67. The van der Waals surface area contributed by atoms with Crippen LogP contribution in [0, 0.1) is 0 Å². The van der Waals surface area contributed by atoms with Gasteiger partial charge < -0.3 is 15.7 Å². The van der Waals surface area contributed by atoms with Crippen molar-refractivity contribution in [2.75, 3.05) is 6.54 Å². The first-order valence-corrected chi connectivity index (χ1v) is 8.98. The van der Waals surface area contributed by atoms with Crippen molar-refractivity contribution in [1.82, 2.24) is 20.4 Å². The van der Waals surface area contributed by atoms with Gasteiger partial charge in [-0.25, -0.2) is 4.79 Å². The van der Waals surface area contributed by atoms with E-state index in [0.717, 1.165) is 36.8 Å². The fraction of sp³-hybridized carbons (Fsp3) is 0.474. The molecule has 2 atom stereocenters. The van der Waals surface area contributed by atoms with Crippen LogP contribution in [0.4, 0.5) is 4.79 Å². The highest BCUT2D eigenvalue weighted by Crippen LogP contribution is 2.27. The molecule has 2 amide bonds. The van der Waals surface area contributed by atoms with Gasteiger partial charge >= 0.3 is 6.03 Å². The number of aliphatic hydroxyl groups excluding tert-OH is 1. The molecule has 1 saturated carbocycles. The van der Waals surface area contributed by atoms with E-state index in [-0.39, 0.29) is 24.7 Å². The summed E-state index contributed by atoms with van der Waals surface area (Å²) in [5.74, 6) is 0. The van der Waals surface area contributed by atoms with Gasteiger partial charge in [0.05, 0.1) is 18.7 Å². The van der Waals surface area contributed by atoms with Gasteiger partial charge in [-0.2, -0.15) is 5.10 Å². The summed E-state index contributed by atoms with van der Waals surface area (Å²) in [6.07, 6.45) is 8.87. The highest BCUT2D eigenvalue weighted by atomic mass is 16.3. The van der Waals surface area contributed by atoms with Gasteiger partial charge in [-0.15, -0.1) is 0 Å². The average molecular weight is 342 g/mol. The molecule has 2 aromatic rings. The van der Waals surface area contributed by atoms with Crippen LogP contribution in [0.3, 0.4) is 0 Å². The number of carbonyl (C=O) groups is 1. The van der Waals surface area contributed by atoms with Crippen LogP contribution in [0.25, 0.3) is 0 Å². The number of hydrogen-bond acceptors (Lipinski definition) is 3. The third kappa shape index (κ3) is 4.82. The lowest BCUT2D eigenvalue weighted by atomic mass is 9.90. The van der Waals surface area contributed by atoms with Gasteiger partial charge in [-0.05, 0) is 36.5 Å². The molecule has 0 saturated heterocycles. The normalized spacial score (nSPS) is 20.2. The third-order valence-corrected chi connectivity index (χ3v) is 4.82. The molecular weight excluding hydrogens is 316 g/mol. The number of nitrogens with one attached hydrogen (secondary N) is 2. The molecule has 2 unspecified atom stereocenters. The van der Waals surface area contributed by atoms with Gasteiger partial charge in [0.15, 0.2) is 0 Å². The van der Waals surface area contributed by atoms with Gasteiger partial charge in [0.25, 0.3) is 0 Å². The Bertz CT molecular complexity index is 655. The maximum absolute atomic E-state index is 12.2. The van der Waals surface area contributed by atoms with Gasteiger partial charge in [0.1, 0.15) is 0 Å². The monoisotopic (exact) mass is 342 g/mol. The van der Waals surface area contributed by atoms with Crippen LogP contribution in [-0.2, 0) is 13.0 Å². The van der Waals surface area contributed by atoms with E-state index in [1.54, 1.807) is 6.20 Å². The van der Waals surface area contributed by atoms with E-state index in [0.29, 0.717) is 6.54 Å². The molecule has 1 heterocycles. The average Bonchev–Trinajstić information content (AvgIpc) is 3.17. The minimum absolute atomic E-state index is 0.0553. The fourth-order valence-electron chi connectivity index (χ4n) is 3.42. The van der Waals surface area contributed by atoms with E-state index in [4.69, 9.17) is 5.11 Å². The maximum atomic E-state index is 12.2. The molecule has 6 heteroatoms. The van der Waals surface area contributed by atoms with Crippen molar-refractivity contribution in [3.8, 4) is 0 Å². The number of benzene rings is 1. The number of aliphatic hydroxyl groups is 1. The van der Waals surface area contributed by atoms with E-state index in [1.165, 1.54) is 6.42 Å². The van der Waals surface area contributed by atoms with Crippen LogP contribution in [0.2, 0.25) is 0 Å². The summed E-state index contributed by atoms with van der Waals surface area (Å²) < 4.78 is 1.97. The molecule has 3 rings (SSSR count). The molecule has 1 aliphatic carbocycles. The van der Waals surface area contributed by atoms with Gasteiger partial charge in [-0.1, -0.05) is 37.1 Å². The largest absolute Gasteiger partial charge is 0.392 e. The number of carbonyl (C=O) groups excluding carboxylic acids is 1. The number of amides is 2. The van der Waals surface area contributed by atoms with Crippen molar-refractivity contribution in [2.24, 2.45) is 0 Å². The van der Waals surface area contributed by atoms with Crippen molar-refractivity contribution in [3.05, 3.63) is 53.9 Å². The van der Waals surface area contributed by atoms with Crippen LogP contribution < -0.4 is 10.6 Å². The van der Waals surface area contributed by atoms with Gasteiger partial charge in [0.2, 0.25) is 0 Å². The first kappa shape index (κ1) is 17.5.